The van der Waals surface area contributed by atoms with Crippen LogP contribution in [0.3, 0.4) is 0 Å². The number of nitrogens with one attached hydrogen (secondary N) is 1. The van der Waals surface area contributed by atoms with Gasteiger partial charge in [-0.2, -0.15) is 4.68 Å². The van der Waals surface area contributed by atoms with Gasteiger partial charge < -0.3 is 19.7 Å². The number of thiophene rings is 1. The highest BCUT2D eigenvalue weighted by atomic mass is 35.5. The number of hydrogen-bond donors (Lipinski definition) is 2. The van der Waals surface area contributed by atoms with E-state index in [2.05, 4.69) is 31.6 Å². The highest BCUT2D eigenvalue weighted by Crippen LogP contribution is 2.44. The summed E-state index contributed by atoms with van der Waals surface area (Å²) in [4.78, 5) is 23.5. The Morgan fingerprint density at radius 2 is 2.22 bits per heavy atom. The van der Waals surface area contributed by atoms with Crippen LogP contribution in [0.25, 0.3) is 21.8 Å². The predicted octanol–water partition coefficient (Wildman–Crippen LogP) is 4.38. The molecule has 0 aliphatic carbocycles. The van der Waals surface area contributed by atoms with Gasteiger partial charge in [-0.3, -0.25) is 0 Å². The molecule has 2 atom stereocenters. The number of hydrogen-bond acceptors (Lipinski definition) is 9. The Hall–Kier alpha value is -3.80. The van der Waals surface area contributed by atoms with Gasteiger partial charge in [-0.15, -0.1) is 16.4 Å². The van der Waals surface area contributed by atoms with E-state index in [0.717, 1.165) is 51.8 Å². The summed E-state index contributed by atoms with van der Waals surface area (Å²) in [5.74, 6) is 0.434. The van der Waals surface area contributed by atoms with E-state index in [4.69, 9.17) is 16.3 Å². The number of carbonyl (C=O) groups excluding carboxylic acids is 1. The lowest BCUT2D eigenvalue weighted by molar-refractivity contribution is 0.0487. The third kappa shape index (κ3) is 4.35. The van der Waals surface area contributed by atoms with Crippen molar-refractivity contribution in [1.82, 2.24) is 35.1 Å². The van der Waals surface area contributed by atoms with E-state index in [-0.39, 0.29) is 12.0 Å². The van der Waals surface area contributed by atoms with Gasteiger partial charge in [-0.05, 0) is 78.2 Å². The minimum atomic E-state index is -0.853. The van der Waals surface area contributed by atoms with Crippen molar-refractivity contribution < 1.29 is 14.6 Å². The molecule has 12 heteroatoms. The third-order valence-corrected chi connectivity index (χ3v) is 7.74. The van der Waals surface area contributed by atoms with E-state index in [9.17, 15) is 9.90 Å². The van der Waals surface area contributed by atoms with Crippen molar-refractivity contribution in [2.45, 2.75) is 32.0 Å². The first-order valence-corrected chi connectivity index (χ1v) is 13.0. The zero-order chi connectivity index (χ0) is 25.5. The number of H-pyrrole nitrogens is 1. The van der Waals surface area contributed by atoms with E-state index < -0.39 is 6.23 Å². The van der Waals surface area contributed by atoms with Crippen molar-refractivity contribution in [2.24, 2.45) is 0 Å². The van der Waals surface area contributed by atoms with Gasteiger partial charge in [-0.25, -0.2) is 9.78 Å². The average molecular weight is 536 g/mol. The Kier molecular flexibility index (Phi) is 6.11. The minimum absolute atomic E-state index is 0.115. The van der Waals surface area contributed by atoms with Crippen LogP contribution < -0.4 is 0 Å². The molecule has 2 aliphatic rings. The van der Waals surface area contributed by atoms with Gasteiger partial charge in [0.1, 0.15) is 23.3 Å². The molecular weight excluding hydrogens is 514 g/mol. The molecule has 0 amide bonds. The van der Waals surface area contributed by atoms with E-state index in [1.165, 1.54) is 17.7 Å². The maximum absolute atomic E-state index is 12.0. The Balaban J connectivity index is 1.26. The van der Waals surface area contributed by atoms with Crippen LogP contribution >= 0.6 is 22.9 Å². The normalized spacial score (nSPS) is 18.9. The molecule has 1 saturated heterocycles. The molecule has 10 nitrogen and oxygen atoms in total. The van der Waals surface area contributed by atoms with Crippen molar-refractivity contribution in [3.05, 3.63) is 82.0 Å². The summed E-state index contributed by atoms with van der Waals surface area (Å²) in [6.45, 7) is 2.12. The summed E-state index contributed by atoms with van der Waals surface area (Å²) < 4.78 is 6.66. The molecule has 2 N–H and O–H groups in total. The number of imidazole rings is 1. The zero-order valence-electron chi connectivity index (χ0n) is 19.7. The van der Waals surface area contributed by atoms with Gasteiger partial charge in [0.05, 0.1) is 35.1 Å². The quantitative estimate of drug-likeness (QED) is 0.349. The van der Waals surface area contributed by atoms with E-state index >= 15 is 0 Å². The Morgan fingerprint density at radius 1 is 1.32 bits per heavy atom. The number of benzene rings is 1. The summed E-state index contributed by atoms with van der Waals surface area (Å²) in [7, 11) is 0. The topological polar surface area (TPSA) is 122 Å². The second-order valence-electron chi connectivity index (χ2n) is 8.62. The van der Waals surface area contributed by atoms with Crippen molar-refractivity contribution in [1.29, 1.82) is 0 Å². The fourth-order valence-corrected chi connectivity index (χ4v) is 5.83. The van der Waals surface area contributed by atoms with Crippen LogP contribution in [0.2, 0.25) is 5.02 Å². The molecule has 188 valence electrons. The van der Waals surface area contributed by atoms with Crippen LogP contribution in [0.5, 0.6) is 0 Å². The number of nitrogens with zero attached hydrogens (tertiary/aromatic N) is 6. The second-order valence-corrected chi connectivity index (χ2v) is 10.1. The lowest BCUT2D eigenvalue weighted by Gasteiger charge is -2.33. The number of rotatable bonds is 6. The van der Waals surface area contributed by atoms with Crippen LogP contribution in [0, 0.1) is 0 Å². The first kappa shape index (κ1) is 23.6. The molecule has 0 saturated carbocycles. The van der Waals surface area contributed by atoms with Gasteiger partial charge in [0.25, 0.3) is 0 Å². The molecule has 3 aromatic heterocycles. The summed E-state index contributed by atoms with van der Waals surface area (Å²) in [5.41, 5.74) is 4.26. The van der Waals surface area contributed by atoms with Crippen LogP contribution in [-0.4, -0.2) is 59.0 Å². The Morgan fingerprint density at radius 3 is 3.03 bits per heavy atom. The standard InChI is InChI=1S/C25H22ClN7O3S/c1-2-36-25(35)22-8-7-21(37-22)18-12-27-24(29-18)20-6-4-16-9-14(10-23(34)33(16)20)17-11-15(26)3-5-19(17)32-13-28-30-31-32/h3,5,7-13,20,23,34H,2,4,6H2,1H3,(H,27,29)/t20-,23?/m0/s1. The van der Waals surface area contributed by atoms with Crippen molar-refractivity contribution in [3.8, 4) is 16.3 Å². The summed E-state index contributed by atoms with van der Waals surface area (Å²) in [5, 5.41) is 23.3. The highest BCUT2D eigenvalue weighted by Gasteiger charge is 2.37. The van der Waals surface area contributed by atoms with Crippen molar-refractivity contribution in [3.63, 3.8) is 0 Å². The summed E-state index contributed by atoms with van der Waals surface area (Å²) in [6.07, 6.45) is 7.88. The fraction of sp³-hybridized carbons (Fsp3) is 0.240. The number of aromatic amines is 1. The molecule has 1 aromatic carbocycles. The van der Waals surface area contributed by atoms with Crippen LogP contribution in [-0.2, 0) is 4.74 Å². The first-order valence-electron chi connectivity index (χ1n) is 11.8. The Bertz CT molecular complexity index is 1520. The summed E-state index contributed by atoms with van der Waals surface area (Å²) >= 11 is 7.67. The number of esters is 1. The molecule has 1 fully saturated rings. The number of carbonyl (C=O) groups is 1. The highest BCUT2D eigenvalue weighted by molar-refractivity contribution is 7.17. The van der Waals surface area contributed by atoms with Crippen LogP contribution in [0.15, 0.2) is 60.7 Å². The lowest BCUT2D eigenvalue weighted by Crippen LogP contribution is -2.34. The second kappa shape index (κ2) is 9.58. The fourth-order valence-electron chi connectivity index (χ4n) is 4.80. The molecule has 0 bridgehead atoms. The number of aliphatic hydroxyl groups is 1. The zero-order valence-corrected chi connectivity index (χ0v) is 21.3. The monoisotopic (exact) mass is 535 g/mol. The van der Waals surface area contributed by atoms with Crippen LogP contribution in [0.4, 0.5) is 0 Å². The molecule has 1 unspecified atom stereocenters. The third-order valence-electron chi connectivity index (χ3n) is 6.40. The van der Waals surface area contributed by atoms with Crippen molar-refractivity contribution in [2.75, 3.05) is 6.61 Å². The van der Waals surface area contributed by atoms with Gasteiger partial charge in [0.2, 0.25) is 0 Å². The number of tetrazole rings is 1. The number of halogens is 1. The number of allylic oxidation sites excluding steroid dienone is 3. The van der Waals surface area contributed by atoms with E-state index in [1.54, 1.807) is 36.0 Å². The molecule has 6 rings (SSSR count). The smallest absolute Gasteiger partial charge is 0.348 e. The first-order chi connectivity index (χ1) is 18.0. The van der Waals surface area contributed by atoms with Gasteiger partial charge in [-0.1, -0.05) is 11.6 Å². The molecular formula is C25H22ClN7O3S. The predicted molar refractivity (Wildman–Crippen MR) is 138 cm³/mol. The summed E-state index contributed by atoms with van der Waals surface area (Å²) in [6, 6.07) is 9.01. The number of aliphatic hydroxyl groups excluding tert-OH is 1. The molecule has 0 spiro atoms. The number of fused-ring (bicyclic) bond motifs is 1. The van der Waals surface area contributed by atoms with E-state index in [0.29, 0.717) is 16.5 Å². The number of aromatic nitrogens is 6. The maximum atomic E-state index is 12.0. The number of ether oxygens (including phenoxy) is 1. The lowest BCUT2D eigenvalue weighted by atomic mass is 9.99. The molecule has 4 aromatic rings. The molecule has 0 radical (unpaired) electrons. The van der Waals surface area contributed by atoms with Crippen LogP contribution in [0.1, 0.15) is 46.9 Å². The molecule has 37 heavy (non-hydrogen) atoms. The van der Waals surface area contributed by atoms with Crippen molar-refractivity contribution >= 4 is 34.5 Å². The minimum Gasteiger partial charge on any atom is -0.462 e. The Labute approximate surface area is 220 Å². The van der Waals surface area contributed by atoms with Gasteiger partial charge in [0, 0.05) is 16.3 Å². The average Bonchev–Trinajstić information content (AvgIpc) is 3.69. The maximum Gasteiger partial charge on any atom is 0.348 e. The SMILES string of the molecule is CCOC(=O)c1ccc(-c2cnc([C@@H]3CCC4=CC(c5cc(Cl)ccc5-n5cnnn5)=CC(O)N43)[nH]2)s1. The van der Waals surface area contributed by atoms with Gasteiger partial charge >= 0.3 is 5.97 Å². The van der Waals surface area contributed by atoms with E-state index in [1.807, 2.05) is 23.1 Å². The largest absolute Gasteiger partial charge is 0.462 e. The molecule has 2 aliphatic heterocycles. The van der Waals surface area contributed by atoms with Gasteiger partial charge in [0.15, 0.2) is 0 Å². The molecule has 5 heterocycles.